The minimum absolute atomic E-state index is 0.109. The predicted octanol–water partition coefficient (Wildman–Crippen LogP) is 5.46. The molecule has 2 saturated heterocycles. The Labute approximate surface area is 187 Å². The number of ketones is 1. The normalized spacial score (nSPS) is 22.2. The van der Waals surface area contributed by atoms with E-state index in [1.165, 1.54) is 0 Å². The van der Waals surface area contributed by atoms with Gasteiger partial charge in [0.1, 0.15) is 12.4 Å². The van der Waals surface area contributed by atoms with Gasteiger partial charge in [-0.2, -0.15) is 0 Å². The summed E-state index contributed by atoms with van der Waals surface area (Å²) in [4.78, 5) is 27.2. The van der Waals surface area contributed by atoms with Crippen molar-refractivity contribution in [1.29, 1.82) is 0 Å². The lowest BCUT2D eigenvalue weighted by Gasteiger charge is -2.47. The van der Waals surface area contributed by atoms with Gasteiger partial charge in [-0.15, -0.1) is 0 Å². The highest BCUT2D eigenvalue weighted by molar-refractivity contribution is 5.84. The zero-order valence-corrected chi connectivity index (χ0v) is 17.6. The number of fused-ring (bicyclic) bond motifs is 2. The van der Waals surface area contributed by atoms with Gasteiger partial charge < -0.3 is 9.64 Å². The number of halogens is 5. The van der Waals surface area contributed by atoms with E-state index in [4.69, 9.17) is 4.74 Å². The number of hydrogen-bond acceptors (Lipinski definition) is 3. The summed E-state index contributed by atoms with van der Waals surface area (Å²) in [5, 5.41) is 0. The second-order valence-corrected chi connectivity index (χ2v) is 8.55. The van der Waals surface area contributed by atoms with E-state index >= 15 is 0 Å². The van der Waals surface area contributed by atoms with E-state index in [0.29, 0.717) is 12.8 Å². The number of piperidine rings is 2. The third-order valence-corrected chi connectivity index (χ3v) is 6.50. The van der Waals surface area contributed by atoms with Gasteiger partial charge in [0, 0.05) is 30.0 Å². The Morgan fingerprint density at radius 2 is 1.39 bits per heavy atom. The Balaban J connectivity index is 1.44. The molecule has 0 N–H and O–H groups in total. The van der Waals surface area contributed by atoms with E-state index in [1.54, 1.807) is 4.90 Å². The number of rotatable bonds is 5. The van der Waals surface area contributed by atoms with Gasteiger partial charge in [-0.1, -0.05) is 30.3 Å². The van der Waals surface area contributed by atoms with Gasteiger partial charge in [0.15, 0.2) is 23.3 Å². The number of amides is 1. The van der Waals surface area contributed by atoms with Gasteiger partial charge in [-0.05, 0) is 37.7 Å². The van der Waals surface area contributed by atoms with Crippen molar-refractivity contribution in [2.24, 2.45) is 5.92 Å². The number of carbonyl (C=O) groups is 2. The van der Waals surface area contributed by atoms with Gasteiger partial charge >= 0.3 is 6.09 Å². The molecule has 2 aromatic carbocycles. The van der Waals surface area contributed by atoms with E-state index in [0.717, 1.165) is 12.0 Å². The molecule has 9 heteroatoms. The molecule has 0 aromatic heterocycles. The van der Waals surface area contributed by atoms with Crippen LogP contribution in [0.2, 0.25) is 0 Å². The third kappa shape index (κ3) is 4.58. The first-order chi connectivity index (χ1) is 15.8. The Kier molecular flexibility index (Phi) is 6.67. The second kappa shape index (κ2) is 9.49. The summed E-state index contributed by atoms with van der Waals surface area (Å²) < 4.78 is 73.7. The van der Waals surface area contributed by atoms with Crippen LogP contribution in [0.25, 0.3) is 0 Å². The second-order valence-electron chi connectivity index (χ2n) is 8.55. The van der Waals surface area contributed by atoms with E-state index in [2.05, 4.69) is 0 Å². The average Bonchev–Trinajstić information content (AvgIpc) is 2.82. The molecule has 2 aliphatic rings. The van der Waals surface area contributed by atoms with Crippen molar-refractivity contribution >= 4 is 11.9 Å². The van der Waals surface area contributed by atoms with E-state index in [-0.39, 0.29) is 31.5 Å². The molecule has 2 heterocycles. The van der Waals surface area contributed by atoms with Crippen LogP contribution in [0.3, 0.4) is 0 Å². The molecule has 0 spiro atoms. The van der Waals surface area contributed by atoms with E-state index in [9.17, 15) is 31.5 Å². The molecule has 2 aliphatic heterocycles. The molecular formula is C24H22F5NO3. The molecule has 2 aromatic rings. The Morgan fingerprint density at radius 3 is 1.97 bits per heavy atom. The van der Waals surface area contributed by atoms with Crippen LogP contribution in [0.5, 0.6) is 0 Å². The molecule has 176 valence electrons. The van der Waals surface area contributed by atoms with Gasteiger partial charge in [0.2, 0.25) is 5.82 Å². The summed E-state index contributed by atoms with van der Waals surface area (Å²) in [6.07, 6.45) is 1.27. The maximum atomic E-state index is 14.0. The zero-order valence-electron chi connectivity index (χ0n) is 17.6. The van der Waals surface area contributed by atoms with Crippen molar-refractivity contribution in [1.82, 2.24) is 4.90 Å². The highest BCUT2D eigenvalue weighted by Crippen LogP contribution is 2.38. The highest BCUT2D eigenvalue weighted by Gasteiger charge is 2.44. The first-order valence-corrected chi connectivity index (χ1v) is 10.8. The maximum absolute atomic E-state index is 14.0. The minimum atomic E-state index is -2.25. The molecule has 2 fully saturated rings. The number of ether oxygens (including phenoxy) is 1. The smallest absolute Gasteiger partial charge is 0.410 e. The average molecular weight is 467 g/mol. The summed E-state index contributed by atoms with van der Waals surface area (Å²) >= 11 is 0. The summed E-state index contributed by atoms with van der Waals surface area (Å²) in [5.74, 6) is -11.6. The first-order valence-electron chi connectivity index (χ1n) is 10.8. The molecule has 1 amide bonds. The largest absolute Gasteiger partial charge is 0.445 e. The van der Waals surface area contributed by atoms with Crippen molar-refractivity contribution in [3.63, 3.8) is 0 Å². The van der Waals surface area contributed by atoms with Gasteiger partial charge in [-0.25, -0.2) is 26.7 Å². The van der Waals surface area contributed by atoms with E-state index in [1.807, 2.05) is 30.3 Å². The summed E-state index contributed by atoms with van der Waals surface area (Å²) in [5.41, 5.74) is -0.282. The topological polar surface area (TPSA) is 46.6 Å². The van der Waals surface area contributed by atoms with Crippen LogP contribution in [0.1, 0.15) is 43.2 Å². The number of carbonyl (C=O) groups excluding carboxylic acids is 2. The Bertz CT molecular complexity index is 1020. The molecule has 0 aliphatic carbocycles. The van der Waals surface area contributed by atoms with Crippen LogP contribution >= 0.6 is 0 Å². The number of nitrogens with zero attached hydrogens (tertiary/aromatic N) is 1. The minimum Gasteiger partial charge on any atom is -0.445 e. The zero-order chi connectivity index (χ0) is 23.7. The van der Waals surface area contributed by atoms with Crippen LogP contribution in [-0.2, 0) is 22.6 Å². The molecule has 33 heavy (non-hydrogen) atoms. The van der Waals surface area contributed by atoms with Crippen LogP contribution < -0.4 is 0 Å². The maximum Gasteiger partial charge on any atom is 0.410 e. The summed E-state index contributed by atoms with van der Waals surface area (Å²) in [7, 11) is 0. The van der Waals surface area contributed by atoms with Gasteiger partial charge in [-0.3, -0.25) is 4.79 Å². The standard InChI is InChI=1S/C24H22F5NO3/c25-19-17(20(26)22(28)23(29)21(19)27)11-18(31)14-9-15-7-4-8-16(10-14)30(15)24(32)33-12-13-5-2-1-3-6-13/h1-3,5-6,14-16H,4,7-12H2. The van der Waals surface area contributed by atoms with Crippen molar-refractivity contribution in [3.05, 3.63) is 70.5 Å². The molecule has 2 bridgehead atoms. The van der Waals surface area contributed by atoms with Crippen molar-refractivity contribution < 1.29 is 36.3 Å². The lowest BCUT2D eigenvalue weighted by molar-refractivity contribution is -0.126. The third-order valence-electron chi connectivity index (χ3n) is 6.50. The number of benzene rings is 2. The molecule has 2 unspecified atom stereocenters. The fraction of sp³-hybridized carbons (Fsp3) is 0.417. The summed E-state index contributed by atoms with van der Waals surface area (Å²) in [6, 6.07) is 8.61. The van der Waals surface area contributed by atoms with Crippen molar-refractivity contribution in [2.45, 2.75) is 57.2 Å². The van der Waals surface area contributed by atoms with Crippen molar-refractivity contribution in [2.75, 3.05) is 0 Å². The monoisotopic (exact) mass is 467 g/mol. The lowest BCUT2D eigenvalue weighted by Crippen LogP contribution is -2.55. The molecule has 0 radical (unpaired) electrons. The van der Waals surface area contributed by atoms with Gasteiger partial charge in [0.05, 0.1) is 0 Å². The highest BCUT2D eigenvalue weighted by atomic mass is 19.2. The number of hydrogen-bond donors (Lipinski definition) is 0. The predicted molar refractivity (Wildman–Crippen MR) is 108 cm³/mol. The van der Waals surface area contributed by atoms with Gasteiger partial charge in [0.25, 0.3) is 0 Å². The van der Waals surface area contributed by atoms with E-state index < -0.39 is 58.9 Å². The Hall–Kier alpha value is -2.97. The molecule has 0 saturated carbocycles. The molecule has 2 atom stereocenters. The van der Waals surface area contributed by atoms with Crippen molar-refractivity contribution in [3.8, 4) is 0 Å². The molecule has 4 rings (SSSR count). The van der Waals surface area contributed by atoms with Crippen LogP contribution in [-0.4, -0.2) is 28.9 Å². The number of Topliss-reactive ketones (excluding diaryl/α,β-unsaturated/α-hetero) is 1. The molecule has 4 nitrogen and oxygen atoms in total. The van der Waals surface area contributed by atoms with Crippen LogP contribution in [0.4, 0.5) is 26.7 Å². The molecular weight excluding hydrogens is 445 g/mol. The fourth-order valence-corrected chi connectivity index (χ4v) is 4.86. The van der Waals surface area contributed by atoms with Crippen LogP contribution in [0.15, 0.2) is 30.3 Å². The van der Waals surface area contributed by atoms with Crippen LogP contribution in [0, 0.1) is 35.0 Å². The lowest BCUT2D eigenvalue weighted by atomic mass is 9.76. The SMILES string of the molecule is O=C(Cc1c(F)c(F)c(F)c(F)c1F)C1CC2CCCC(C1)N2C(=O)OCc1ccccc1. The quantitative estimate of drug-likeness (QED) is 0.333. The fourth-order valence-electron chi connectivity index (χ4n) is 4.86. The Morgan fingerprint density at radius 1 is 0.848 bits per heavy atom. The summed E-state index contributed by atoms with van der Waals surface area (Å²) in [6.45, 7) is 0.109. The first kappa shape index (κ1) is 23.2.